The Bertz CT molecular complexity index is 405. The van der Waals surface area contributed by atoms with Crippen molar-refractivity contribution in [2.75, 3.05) is 38.3 Å². The second-order valence-electron chi connectivity index (χ2n) is 5.62. The number of imidazole rings is 1. The molecule has 0 saturated carbocycles. The van der Waals surface area contributed by atoms with Crippen molar-refractivity contribution in [1.82, 2.24) is 9.55 Å². The summed E-state index contributed by atoms with van der Waals surface area (Å²) in [6.07, 6.45) is 6.67. The summed E-state index contributed by atoms with van der Waals surface area (Å²) in [5.41, 5.74) is 7.01. The summed E-state index contributed by atoms with van der Waals surface area (Å²) in [6, 6.07) is 0. The molecule has 20 heavy (non-hydrogen) atoms. The highest BCUT2D eigenvalue weighted by Gasteiger charge is 2.22. The number of hydrogen-bond donors (Lipinski definition) is 1. The molecule has 1 aromatic heterocycles. The normalized spacial score (nSPS) is 19.6. The van der Waals surface area contributed by atoms with E-state index >= 15 is 0 Å². The molecular formula is C15H28N4O. The summed E-state index contributed by atoms with van der Waals surface area (Å²) in [5.74, 6) is 1.73. The average molecular weight is 280 g/mol. The van der Waals surface area contributed by atoms with Crippen molar-refractivity contribution in [2.24, 2.45) is 11.7 Å². The van der Waals surface area contributed by atoms with Crippen LogP contribution in [0.3, 0.4) is 0 Å². The van der Waals surface area contributed by atoms with Crippen LogP contribution >= 0.6 is 0 Å². The van der Waals surface area contributed by atoms with Crippen molar-refractivity contribution in [3.63, 3.8) is 0 Å². The van der Waals surface area contributed by atoms with Crippen LogP contribution in [0.1, 0.15) is 31.9 Å². The molecule has 0 aromatic carbocycles. The number of piperidine rings is 1. The molecule has 0 spiro atoms. The number of nitrogens with zero attached hydrogens (tertiary/aromatic N) is 3. The summed E-state index contributed by atoms with van der Waals surface area (Å²) in [7, 11) is 1.75. The molecule has 5 nitrogen and oxygen atoms in total. The first-order valence-corrected chi connectivity index (χ1v) is 7.78. The monoisotopic (exact) mass is 280 g/mol. The van der Waals surface area contributed by atoms with E-state index in [1.54, 1.807) is 7.11 Å². The van der Waals surface area contributed by atoms with E-state index in [0.717, 1.165) is 51.6 Å². The molecule has 0 aliphatic carbocycles. The molecule has 1 unspecified atom stereocenters. The molecule has 0 bridgehead atoms. The van der Waals surface area contributed by atoms with E-state index in [9.17, 15) is 0 Å². The fourth-order valence-corrected chi connectivity index (χ4v) is 2.86. The molecule has 1 saturated heterocycles. The van der Waals surface area contributed by atoms with Gasteiger partial charge in [0.15, 0.2) is 0 Å². The quantitative estimate of drug-likeness (QED) is 0.772. The zero-order chi connectivity index (χ0) is 14.4. The van der Waals surface area contributed by atoms with Crippen LogP contribution in [0.15, 0.2) is 6.20 Å². The van der Waals surface area contributed by atoms with Gasteiger partial charge in [0.2, 0.25) is 5.95 Å². The van der Waals surface area contributed by atoms with Gasteiger partial charge in [0.1, 0.15) is 0 Å². The topological polar surface area (TPSA) is 56.3 Å². The fraction of sp³-hybridized carbons (Fsp3) is 0.800. The second-order valence-corrected chi connectivity index (χ2v) is 5.62. The highest BCUT2D eigenvalue weighted by molar-refractivity contribution is 5.34. The van der Waals surface area contributed by atoms with Crippen LogP contribution in [0.2, 0.25) is 0 Å². The van der Waals surface area contributed by atoms with Gasteiger partial charge >= 0.3 is 0 Å². The predicted octanol–water partition coefficient (Wildman–Crippen LogP) is 1.66. The lowest BCUT2D eigenvalue weighted by molar-refractivity contribution is 0.190. The SMILES string of the molecule is CCc1cn(CCCOC)c(N2CCCC(CN)C2)n1. The van der Waals surface area contributed by atoms with Gasteiger partial charge in [0.25, 0.3) is 0 Å². The Kier molecular flexibility index (Phi) is 5.86. The lowest BCUT2D eigenvalue weighted by Gasteiger charge is -2.33. The Morgan fingerprint density at radius 2 is 2.35 bits per heavy atom. The van der Waals surface area contributed by atoms with Crippen molar-refractivity contribution >= 4 is 5.95 Å². The van der Waals surface area contributed by atoms with Gasteiger partial charge in [-0.1, -0.05) is 6.92 Å². The van der Waals surface area contributed by atoms with E-state index in [1.807, 2.05) is 0 Å². The van der Waals surface area contributed by atoms with Crippen molar-refractivity contribution in [2.45, 2.75) is 39.2 Å². The van der Waals surface area contributed by atoms with Crippen molar-refractivity contribution in [3.05, 3.63) is 11.9 Å². The maximum Gasteiger partial charge on any atom is 0.205 e. The Morgan fingerprint density at radius 3 is 3.05 bits per heavy atom. The predicted molar refractivity (Wildman–Crippen MR) is 82.1 cm³/mol. The summed E-state index contributed by atoms with van der Waals surface area (Å²) < 4.78 is 7.44. The minimum Gasteiger partial charge on any atom is -0.385 e. The van der Waals surface area contributed by atoms with Crippen molar-refractivity contribution < 1.29 is 4.74 Å². The lowest BCUT2D eigenvalue weighted by Crippen LogP contribution is -2.39. The molecule has 2 rings (SSSR count). The summed E-state index contributed by atoms with van der Waals surface area (Å²) >= 11 is 0. The largest absolute Gasteiger partial charge is 0.385 e. The number of anilines is 1. The number of aromatic nitrogens is 2. The van der Waals surface area contributed by atoms with Crippen LogP contribution in [0.4, 0.5) is 5.95 Å². The highest BCUT2D eigenvalue weighted by atomic mass is 16.5. The lowest BCUT2D eigenvalue weighted by atomic mass is 9.99. The molecule has 5 heteroatoms. The van der Waals surface area contributed by atoms with Gasteiger partial charge < -0.3 is 19.9 Å². The number of rotatable bonds is 7. The van der Waals surface area contributed by atoms with E-state index in [1.165, 1.54) is 18.5 Å². The summed E-state index contributed by atoms with van der Waals surface area (Å²) in [6.45, 7) is 6.85. The number of hydrogen-bond acceptors (Lipinski definition) is 4. The molecule has 1 fully saturated rings. The Labute approximate surface area is 122 Å². The Hall–Kier alpha value is -1.07. The molecule has 1 atom stereocenters. The minimum absolute atomic E-state index is 0.609. The Balaban J connectivity index is 2.09. The van der Waals surface area contributed by atoms with E-state index in [2.05, 4.69) is 22.6 Å². The molecule has 2 N–H and O–H groups in total. The van der Waals surface area contributed by atoms with E-state index < -0.39 is 0 Å². The minimum atomic E-state index is 0.609. The number of ether oxygens (including phenoxy) is 1. The third-order valence-corrected chi connectivity index (χ3v) is 4.05. The van der Waals surface area contributed by atoms with Crippen LogP contribution in [-0.4, -0.2) is 42.9 Å². The van der Waals surface area contributed by atoms with Crippen LogP contribution < -0.4 is 10.6 Å². The smallest absolute Gasteiger partial charge is 0.205 e. The van der Waals surface area contributed by atoms with Crippen LogP contribution in [0.25, 0.3) is 0 Å². The van der Waals surface area contributed by atoms with Crippen LogP contribution in [-0.2, 0) is 17.7 Å². The zero-order valence-corrected chi connectivity index (χ0v) is 12.8. The molecular weight excluding hydrogens is 252 g/mol. The van der Waals surface area contributed by atoms with E-state index in [-0.39, 0.29) is 0 Å². The number of nitrogens with two attached hydrogens (primary N) is 1. The van der Waals surface area contributed by atoms with Crippen LogP contribution in [0, 0.1) is 5.92 Å². The molecule has 0 radical (unpaired) electrons. The van der Waals surface area contributed by atoms with Crippen molar-refractivity contribution in [3.8, 4) is 0 Å². The standard InChI is InChI=1S/C15H28N4O/c1-3-14-12-19(8-5-9-20-2)15(17-14)18-7-4-6-13(10-16)11-18/h12-13H,3-11,16H2,1-2H3. The Morgan fingerprint density at radius 1 is 1.50 bits per heavy atom. The van der Waals surface area contributed by atoms with Gasteiger partial charge in [-0.25, -0.2) is 4.98 Å². The molecule has 1 aromatic rings. The average Bonchev–Trinajstić information content (AvgIpc) is 2.91. The van der Waals surface area contributed by atoms with Crippen LogP contribution in [0.5, 0.6) is 0 Å². The van der Waals surface area contributed by atoms with Gasteiger partial charge in [-0.3, -0.25) is 0 Å². The molecule has 1 aliphatic heterocycles. The summed E-state index contributed by atoms with van der Waals surface area (Å²) in [5, 5.41) is 0. The van der Waals surface area contributed by atoms with E-state index in [0.29, 0.717) is 5.92 Å². The van der Waals surface area contributed by atoms with Gasteiger partial charge in [0, 0.05) is 39.5 Å². The maximum atomic E-state index is 5.84. The first kappa shape index (κ1) is 15.3. The molecule has 0 amide bonds. The molecule has 1 aliphatic rings. The van der Waals surface area contributed by atoms with Gasteiger partial charge in [-0.15, -0.1) is 0 Å². The zero-order valence-electron chi connectivity index (χ0n) is 12.8. The number of methoxy groups -OCH3 is 1. The first-order valence-electron chi connectivity index (χ1n) is 7.78. The molecule has 2 heterocycles. The van der Waals surface area contributed by atoms with Gasteiger partial charge in [0.05, 0.1) is 5.69 Å². The molecule has 114 valence electrons. The van der Waals surface area contributed by atoms with E-state index in [4.69, 9.17) is 15.5 Å². The second kappa shape index (κ2) is 7.64. The van der Waals surface area contributed by atoms with Gasteiger partial charge in [-0.05, 0) is 38.1 Å². The van der Waals surface area contributed by atoms with Crippen molar-refractivity contribution in [1.29, 1.82) is 0 Å². The fourth-order valence-electron chi connectivity index (χ4n) is 2.86. The maximum absolute atomic E-state index is 5.84. The highest BCUT2D eigenvalue weighted by Crippen LogP contribution is 2.23. The third-order valence-electron chi connectivity index (χ3n) is 4.05. The number of aryl methyl sites for hydroxylation is 2. The summed E-state index contributed by atoms with van der Waals surface area (Å²) in [4.78, 5) is 7.22. The third kappa shape index (κ3) is 3.73. The first-order chi connectivity index (χ1) is 9.78. The van der Waals surface area contributed by atoms with Gasteiger partial charge in [-0.2, -0.15) is 0 Å².